The van der Waals surface area contributed by atoms with Crippen LogP contribution in [0.3, 0.4) is 0 Å². The van der Waals surface area contributed by atoms with Crippen LogP contribution in [-0.4, -0.2) is 16.9 Å². The number of aryl methyl sites for hydroxylation is 1. The van der Waals surface area contributed by atoms with Gasteiger partial charge in [-0.1, -0.05) is 0 Å². The molecule has 0 radical (unpaired) electrons. The Morgan fingerprint density at radius 2 is 2.15 bits per heavy atom. The van der Waals surface area contributed by atoms with Crippen molar-refractivity contribution < 1.29 is 4.79 Å². The SMILES string of the molecule is Cc1ccc(CC(C)NC(=O)c2ccc(N)cn2)s1.Cl. The number of nitrogens with zero attached hydrogens (tertiary/aromatic N) is 1. The molecule has 1 atom stereocenters. The summed E-state index contributed by atoms with van der Waals surface area (Å²) in [7, 11) is 0. The van der Waals surface area contributed by atoms with Gasteiger partial charge in [-0.25, -0.2) is 4.98 Å². The molecule has 2 heterocycles. The number of hydrogen-bond donors (Lipinski definition) is 2. The van der Waals surface area contributed by atoms with E-state index in [1.165, 1.54) is 16.0 Å². The van der Waals surface area contributed by atoms with Crippen LogP contribution in [0.4, 0.5) is 5.69 Å². The molecule has 0 saturated carbocycles. The lowest BCUT2D eigenvalue weighted by molar-refractivity contribution is 0.0935. The van der Waals surface area contributed by atoms with Crippen LogP contribution >= 0.6 is 23.7 Å². The molecule has 108 valence electrons. The molecule has 2 rings (SSSR count). The summed E-state index contributed by atoms with van der Waals surface area (Å²) in [6, 6.07) is 7.58. The minimum atomic E-state index is -0.166. The molecule has 0 saturated heterocycles. The summed E-state index contributed by atoms with van der Waals surface area (Å²) in [6.07, 6.45) is 2.32. The molecular weight excluding hydrogens is 294 g/mol. The molecule has 2 aromatic rings. The van der Waals surface area contributed by atoms with Gasteiger partial charge in [0, 0.05) is 22.2 Å². The normalized spacial score (nSPS) is 11.5. The number of aromatic nitrogens is 1. The van der Waals surface area contributed by atoms with Gasteiger partial charge in [0.25, 0.3) is 5.91 Å². The average Bonchev–Trinajstić information content (AvgIpc) is 2.75. The van der Waals surface area contributed by atoms with Gasteiger partial charge in [0.15, 0.2) is 0 Å². The quantitative estimate of drug-likeness (QED) is 0.912. The van der Waals surface area contributed by atoms with Gasteiger partial charge in [0.2, 0.25) is 0 Å². The number of nitrogens with two attached hydrogens (primary N) is 1. The van der Waals surface area contributed by atoms with Crippen molar-refractivity contribution in [3.05, 3.63) is 45.9 Å². The lowest BCUT2D eigenvalue weighted by atomic mass is 10.2. The molecule has 4 nitrogen and oxygen atoms in total. The topological polar surface area (TPSA) is 68.0 Å². The fourth-order valence-corrected chi connectivity index (χ4v) is 2.80. The minimum absolute atomic E-state index is 0. The van der Waals surface area contributed by atoms with E-state index in [0.717, 1.165) is 6.42 Å². The number of carbonyl (C=O) groups excluding carboxylic acids is 1. The highest BCUT2D eigenvalue weighted by Crippen LogP contribution is 2.16. The number of nitrogen functional groups attached to an aromatic ring is 1. The number of rotatable bonds is 4. The Kier molecular flexibility index (Phi) is 5.98. The van der Waals surface area contributed by atoms with E-state index < -0.39 is 0 Å². The molecule has 1 unspecified atom stereocenters. The van der Waals surface area contributed by atoms with E-state index in [1.807, 2.05) is 6.92 Å². The standard InChI is InChI=1S/C14H17N3OS.ClH/c1-9(7-12-5-3-10(2)19-12)17-14(18)13-6-4-11(15)8-16-13;/h3-6,8-9H,7,15H2,1-2H3,(H,17,18);1H. The summed E-state index contributed by atoms with van der Waals surface area (Å²) in [4.78, 5) is 18.5. The Balaban J connectivity index is 0.00000200. The highest BCUT2D eigenvalue weighted by Gasteiger charge is 2.12. The second-order valence-electron chi connectivity index (χ2n) is 4.57. The Labute approximate surface area is 128 Å². The van der Waals surface area contributed by atoms with Crippen molar-refractivity contribution in [2.24, 2.45) is 0 Å². The first-order chi connectivity index (χ1) is 9.04. The Morgan fingerprint density at radius 3 is 2.70 bits per heavy atom. The number of nitrogens with one attached hydrogen (secondary N) is 1. The number of carbonyl (C=O) groups is 1. The van der Waals surface area contributed by atoms with Crippen molar-refractivity contribution in [1.29, 1.82) is 0 Å². The van der Waals surface area contributed by atoms with E-state index in [1.54, 1.807) is 23.5 Å². The van der Waals surface area contributed by atoms with E-state index in [2.05, 4.69) is 29.4 Å². The van der Waals surface area contributed by atoms with Crippen LogP contribution in [-0.2, 0) is 6.42 Å². The fourth-order valence-electron chi connectivity index (χ4n) is 1.78. The lowest BCUT2D eigenvalue weighted by Gasteiger charge is -2.12. The third-order valence-corrected chi connectivity index (χ3v) is 3.72. The van der Waals surface area contributed by atoms with Gasteiger partial charge in [-0.15, -0.1) is 23.7 Å². The van der Waals surface area contributed by atoms with E-state index in [-0.39, 0.29) is 24.4 Å². The highest BCUT2D eigenvalue weighted by molar-refractivity contribution is 7.11. The van der Waals surface area contributed by atoms with Crippen molar-refractivity contribution >= 4 is 35.3 Å². The zero-order chi connectivity index (χ0) is 13.8. The second-order valence-corrected chi connectivity index (χ2v) is 5.94. The molecule has 2 aromatic heterocycles. The smallest absolute Gasteiger partial charge is 0.270 e. The lowest BCUT2D eigenvalue weighted by Crippen LogP contribution is -2.34. The van der Waals surface area contributed by atoms with Crippen molar-refractivity contribution in [3.63, 3.8) is 0 Å². The van der Waals surface area contributed by atoms with Gasteiger partial charge < -0.3 is 11.1 Å². The molecule has 20 heavy (non-hydrogen) atoms. The number of halogens is 1. The first-order valence-corrected chi connectivity index (χ1v) is 6.94. The summed E-state index contributed by atoms with van der Waals surface area (Å²) < 4.78 is 0. The molecule has 0 aliphatic carbocycles. The molecule has 3 N–H and O–H groups in total. The maximum absolute atomic E-state index is 12.0. The van der Waals surface area contributed by atoms with Crippen LogP contribution in [0.5, 0.6) is 0 Å². The summed E-state index contributed by atoms with van der Waals surface area (Å²) in [5.74, 6) is -0.166. The number of amides is 1. The second kappa shape index (κ2) is 7.26. The summed E-state index contributed by atoms with van der Waals surface area (Å²) in [5, 5.41) is 2.94. The summed E-state index contributed by atoms with van der Waals surface area (Å²) in [6.45, 7) is 4.07. The van der Waals surface area contributed by atoms with Crippen molar-refractivity contribution in [2.45, 2.75) is 26.3 Å². The molecular formula is C14H18ClN3OS. The van der Waals surface area contributed by atoms with Crippen LogP contribution in [0.2, 0.25) is 0 Å². The van der Waals surface area contributed by atoms with Crippen LogP contribution in [0.15, 0.2) is 30.5 Å². The summed E-state index contributed by atoms with van der Waals surface area (Å²) >= 11 is 1.76. The maximum Gasteiger partial charge on any atom is 0.270 e. The van der Waals surface area contributed by atoms with Crippen LogP contribution in [0.1, 0.15) is 27.2 Å². The number of pyridine rings is 1. The Bertz CT molecular complexity index is 568. The monoisotopic (exact) mass is 311 g/mol. The zero-order valence-corrected chi connectivity index (χ0v) is 13.1. The molecule has 6 heteroatoms. The number of thiophene rings is 1. The van der Waals surface area contributed by atoms with Crippen LogP contribution in [0.25, 0.3) is 0 Å². The predicted molar refractivity (Wildman–Crippen MR) is 85.6 cm³/mol. The van der Waals surface area contributed by atoms with Gasteiger partial charge in [-0.2, -0.15) is 0 Å². The number of hydrogen-bond acceptors (Lipinski definition) is 4. The first-order valence-electron chi connectivity index (χ1n) is 6.12. The third kappa shape index (κ3) is 4.51. The zero-order valence-electron chi connectivity index (χ0n) is 11.4. The van der Waals surface area contributed by atoms with E-state index in [4.69, 9.17) is 5.73 Å². The van der Waals surface area contributed by atoms with Gasteiger partial charge in [0.1, 0.15) is 5.69 Å². The maximum atomic E-state index is 12.0. The third-order valence-electron chi connectivity index (χ3n) is 2.70. The molecule has 1 amide bonds. The van der Waals surface area contributed by atoms with Crippen molar-refractivity contribution in [2.75, 3.05) is 5.73 Å². The fraction of sp³-hybridized carbons (Fsp3) is 0.286. The molecule has 0 aromatic carbocycles. The van der Waals surface area contributed by atoms with Crippen LogP contribution < -0.4 is 11.1 Å². The highest BCUT2D eigenvalue weighted by atomic mass is 35.5. The largest absolute Gasteiger partial charge is 0.397 e. The molecule has 0 fully saturated rings. The molecule has 0 spiro atoms. The van der Waals surface area contributed by atoms with Gasteiger partial charge in [-0.3, -0.25) is 4.79 Å². The molecule has 0 aliphatic rings. The Hall–Kier alpha value is -1.59. The Morgan fingerprint density at radius 1 is 1.40 bits per heavy atom. The van der Waals surface area contributed by atoms with E-state index in [0.29, 0.717) is 11.4 Å². The van der Waals surface area contributed by atoms with Gasteiger partial charge >= 0.3 is 0 Å². The average molecular weight is 312 g/mol. The number of anilines is 1. The molecule has 0 bridgehead atoms. The molecule has 0 aliphatic heterocycles. The van der Waals surface area contributed by atoms with Crippen molar-refractivity contribution in [1.82, 2.24) is 10.3 Å². The summed E-state index contributed by atoms with van der Waals surface area (Å²) in [5.41, 5.74) is 6.49. The van der Waals surface area contributed by atoms with Crippen molar-refractivity contribution in [3.8, 4) is 0 Å². The van der Waals surface area contributed by atoms with Gasteiger partial charge in [0.05, 0.1) is 11.9 Å². The first kappa shape index (κ1) is 16.5. The van der Waals surface area contributed by atoms with Gasteiger partial charge in [-0.05, 0) is 38.1 Å². The van der Waals surface area contributed by atoms with E-state index in [9.17, 15) is 4.79 Å². The predicted octanol–water partition coefficient (Wildman–Crippen LogP) is 2.82. The van der Waals surface area contributed by atoms with Crippen LogP contribution in [0, 0.1) is 6.92 Å². The van der Waals surface area contributed by atoms with E-state index >= 15 is 0 Å². The minimum Gasteiger partial charge on any atom is -0.397 e.